The largest absolute Gasteiger partial charge is 0.496 e. The number of alkyl halides is 1. The van der Waals surface area contributed by atoms with Crippen LogP contribution in [0.2, 0.25) is 0 Å². The standard InChI is InChI=1S/C14H21ClO/c1-10(2)11-6-7-13(16-5)12(8-11)14(3,4)9-15/h6-8,10H,9H2,1-5H3. The van der Waals surface area contributed by atoms with Crippen LogP contribution in [0.4, 0.5) is 0 Å². The van der Waals surface area contributed by atoms with Gasteiger partial charge in [0.05, 0.1) is 7.11 Å². The molecule has 0 spiro atoms. The van der Waals surface area contributed by atoms with Crippen molar-refractivity contribution in [1.29, 1.82) is 0 Å². The van der Waals surface area contributed by atoms with E-state index in [2.05, 4.69) is 39.8 Å². The molecule has 0 fully saturated rings. The van der Waals surface area contributed by atoms with Crippen LogP contribution >= 0.6 is 11.6 Å². The van der Waals surface area contributed by atoms with Crippen LogP contribution < -0.4 is 4.74 Å². The summed E-state index contributed by atoms with van der Waals surface area (Å²) in [5.74, 6) is 2.04. The Hall–Kier alpha value is -0.690. The summed E-state index contributed by atoms with van der Waals surface area (Å²) in [4.78, 5) is 0. The minimum absolute atomic E-state index is 0.0577. The molecule has 1 aromatic rings. The second-order valence-corrected chi connectivity index (χ2v) is 5.40. The lowest BCUT2D eigenvalue weighted by atomic mass is 9.84. The first kappa shape index (κ1) is 13.4. The zero-order valence-electron chi connectivity index (χ0n) is 10.8. The van der Waals surface area contributed by atoms with Gasteiger partial charge in [0.1, 0.15) is 5.75 Å². The first-order valence-electron chi connectivity index (χ1n) is 5.66. The van der Waals surface area contributed by atoms with E-state index in [1.807, 2.05) is 6.07 Å². The Labute approximate surface area is 104 Å². The highest BCUT2D eigenvalue weighted by atomic mass is 35.5. The highest BCUT2D eigenvalue weighted by Crippen LogP contribution is 2.34. The van der Waals surface area contributed by atoms with E-state index in [1.165, 1.54) is 11.1 Å². The molecule has 0 amide bonds. The van der Waals surface area contributed by atoms with Gasteiger partial charge in [-0.15, -0.1) is 11.6 Å². The van der Waals surface area contributed by atoms with Crippen molar-refractivity contribution in [3.8, 4) is 5.75 Å². The lowest BCUT2D eigenvalue weighted by Gasteiger charge is -2.25. The van der Waals surface area contributed by atoms with Crippen molar-refractivity contribution in [2.75, 3.05) is 13.0 Å². The third-order valence-corrected chi connectivity index (χ3v) is 3.62. The van der Waals surface area contributed by atoms with Crippen molar-refractivity contribution in [2.45, 2.75) is 39.0 Å². The van der Waals surface area contributed by atoms with Gasteiger partial charge >= 0.3 is 0 Å². The van der Waals surface area contributed by atoms with E-state index in [9.17, 15) is 0 Å². The molecule has 0 saturated heterocycles. The Balaban J connectivity index is 3.27. The highest BCUT2D eigenvalue weighted by Gasteiger charge is 2.24. The first-order chi connectivity index (χ1) is 7.42. The zero-order chi connectivity index (χ0) is 12.3. The number of methoxy groups -OCH3 is 1. The van der Waals surface area contributed by atoms with Gasteiger partial charge in [-0.3, -0.25) is 0 Å². The number of ether oxygens (including phenoxy) is 1. The van der Waals surface area contributed by atoms with Crippen molar-refractivity contribution < 1.29 is 4.74 Å². The summed E-state index contributed by atoms with van der Waals surface area (Å²) >= 11 is 6.03. The summed E-state index contributed by atoms with van der Waals surface area (Å²) in [6.45, 7) is 8.67. The normalized spacial score (nSPS) is 11.9. The number of hydrogen-bond acceptors (Lipinski definition) is 1. The summed E-state index contributed by atoms with van der Waals surface area (Å²) in [6, 6.07) is 6.38. The van der Waals surface area contributed by atoms with Crippen LogP contribution in [0.25, 0.3) is 0 Å². The molecule has 0 aliphatic rings. The maximum atomic E-state index is 6.03. The molecule has 0 radical (unpaired) electrons. The molecule has 2 heteroatoms. The molecule has 90 valence electrons. The quantitative estimate of drug-likeness (QED) is 0.712. The van der Waals surface area contributed by atoms with Crippen LogP contribution in [0.3, 0.4) is 0 Å². The molecular formula is C14H21ClO. The van der Waals surface area contributed by atoms with Crippen molar-refractivity contribution in [3.63, 3.8) is 0 Å². The van der Waals surface area contributed by atoms with Crippen LogP contribution in [0.15, 0.2) is 18.2 Å². The average molecular weight is 241 g/mol. The van der Waals surface area contributed by atoms with Crippen molar-refractivity contribution in [3.05, 3.63) is 29.3 Å². The third-order valence-electron chi connectivity index (χ3n) is 2.95. The fourth-order valence-corrected chi connectivity index (χ4v) is 1.83. The maximum Gasteiger partial charge on any atom is 0.122 e. The molecule has 0 unspecified atom stereocenters. The van der Waals surface area contributed by atoms with Crippen LogP contribution in [0.1, 0.15) is 44.7 Å². The fraction of sp³-hybridized carbons (Fsp3) is 0.571. The minimum Gasteiger partial charge on any atom is -0.496 e. The van der Waals surface area contributed by atoms with E-state index in [0.29, 0.717) is 11.8 Å². The molecule has 1 aromatic carbocycles. The molecule has 16 heavy (non-hydrogen) atoms. The fourth-order valence-electron chi connectivity index (χ4n) is 1.69. The Kier molecular flexibility index (Phi) is 4.26. The topological polar surface area (TPSA) is 9.23 Å². The predicted molar refractivity (Wildman–Crippen MR) is 70.8 cm³/mol. The maximum absolute atomic E-state index is 6.03. The van der Waals surface area contributed by atoms with Gasteiger partial charge in [0, 0.05) is 16.9 Å². The molecule has 0 aromatic heterocycles. The van der Waals surface area contributed by atoms with E-state index in [0.717, 1.165) is 5.75 Å². The number of hydrogen-bond donors (Lipinski definition) is 0. The van der Waals surface area contributed by atoms with Gasteiger partial charge in [0.15, 0.2) is 0 Å². The van der Waals surface area contributed by atoms with Gasteiger partial charge < -0.3 is 4.74 Å². The molecule has 0 aliphatic carbocycles. The number of rotatable bonds is 4. The highest BCUT2D eigenvalue weighted by molar-refractivity contribution is 6.18. The SMILES string of the molecule is COc1ccc(C(C)C)cc1C(C)(C)CCl. The molecule has 0 heterocycles. The van der Waals surface area contributed by atoms with Crippen LogP contribution in [0.5, 0.6) is 5.75 Å². The van der Waals surface area contributed by atoms with Crippen molar-refractivity contribution >= 4 is 11.6 Å². The molecule has 0 aliphatic heterocycles. The van der Waals surface area contributed by atoms with Crippen LogP contribution in [0, 0.1) is 0 Å². The number of halogens is 1. The summed E-state index contributed by atoms with van der Waals surface area (Å²) in [5.41, 5.74) is 2.46. The first-order valence-corrected chi connectivity index (χ1v) is 6.20. The van der Waals surface area contributed by atoms with Gasteiger partial charge in [-0.2, -0.15) is 0 Å². The van der Waals surface area contributed by atoms with Gasteiger partial charge in [-0.25, -0.2) is 0 Å². The van der Waals surface area contributed by atoms with E-state index in [1.54, 1.807) is 7.11 Å². The van der Waals surface area contributed by atoms with Crippen LogP contribution in [-0.2, 0) is 5.41 Å². The van der Waals surface area contributed by atoms with Gasteiger partial charge in [-0.1, -0.05) is 39.8 Å². The van der Waals surface area contributed by atoms with Crippen LogP contribution in [-0.4, -0.2) is 13.0 Å². The second-order valence-electron chi connectivity index (χ2n) is 5.13. The Morgan fingerprint density at radius 3 is 2.38 bits per heavy atom. The van der Waals surface area contributed by atoms with Gasteiger partial charge in [0.2, 0.25) is 0 Å². The monoisotopic (exact) mass is 240 g/mol. The predicted octanol–water partition coefficient (Wildman–Crippen LogP) is 4.34. The molecule has 0 atom stereocenters. The number of benzene rings is 1. The molecule has 1 rings (SSSR count). The Morgan fingerprint density at radius 1 is 1.31 bits per heavy atom. The lowest BCUT2D eigenvalue weighted by molar-refractivity contribution is 0.398. The average Bonchev–Trinajstić information content (AvgIpc) is 2.28. The molecule has 1 nitrogen and oxygen atoms in total. The van der Waals surface area contributed by atoms with E-state index < -0.39 is 0 Å². The molecule has 0 saturated carbocycles. The van der Waals surface area contributed by atoms with Crippen molar-refractivity contribution in [1.82, 2.24) is 0 Å². The van der Waals surface area contributed by atoms with E-state index in [-0.39, 0.29) is 5.41 Å². The van der Waals surface area contributed by atoms with E-state index in [4.69, 9.17) is 16.3 Å². The summed E-state index contributed by atoms with van der Waals surface area (Å²) in [6.07, 6.45) is 0. The second kappa shape index (κ2) is 5.09. The molecule has 0 N–H and O–H groups in total. The molecule has 0 bridgehead atoms. The zero-order valence-corrected chi connectivity index (χ0v) is 11.6. The third kappa shape index (κ3) is 2.70. The Bertz CT molecular complexity index is 356. The summed E-state index contributed by atoms with van der Waals surface area (Å²) in [7, 11) is 1.71. The Morgan fingerprint density at radius 2 is 1.94 bits per heavy atom. The summed E-state index contributed by atoms with van der Waals surface area (Å²) < 4.78 is 5.41. The van der Waals surface area contributed by atoms with E-state index >= 15 is 0 Å². The lowest BCUT2D eigenvalue weighted by Crippen LogP contribution is -2.20. The summed E-state index contributed by atoms with van der Waals surface area (Å²) in [5, 5.41) is 0. The van der Waals surface area contributed by atoms with Crippen molar-refractivity contribution in [2.24, 2.45) is 0 Å². The smallest absolute Gasteiger partial charge is 0.122 e. The minimum atomic E-state index is -0.0577. The molecular weight excluding hydrogens is 220 g/mol. The van der Waals surface area contributed by atoms with Gasteiger partial charge in [-0.05, 0) is 17.5 Å². The van der Waals surface area contributed by atoms with Gasteiger partial charge in [0.25, 0.3) is 0 Å².